The lowest BCUT2D eigenvalue weighted by atomic mass is 10.0. The van der Waals surface area contributed by atoms with Gasteiger partial charge in [-0.05, 0) is 31.2 Å². The topological polar surface area (TPSA) is 114 Å². The van der Waals surface area contributed by atoms with Crippen molar-refractivity contribution in [3.8, 4) is 5.75 Å². The van der Waals surface area contributed by atoms with Crippen molar-refractivity contribution in [1.29, 1.82) is 0 Å². The summed E-state index contributed by atoms with van der Waals surface area (Å²) in [5.74, 6) is -0.782. The Morgan fingerprint density at radius 1 is 1.13 bits per heavy atom. The van der Waals surface area contributed by atoms with Crippen molar-refractivity contribution in [3.05, 3.63) is 71.8 Å². The SMILES string of the molecule is CO[C@@H](/C=C/C(=O)O)[C@@H](OC(=O)Nc1ccc(C)cc1)c1ccccc1OCCO. The van der Waals surface area contributed by atoms with Crippen molar-refractivity contribution in [2.75, 3.05) is 25.6 Å². The van der Waals surface area contributed by atoms with Crippen LogP contribution in [0.15, 0.2) is 60.7 Å². The number of carbonyl (C=O) groups is 2. The first-order valence-electron chi connectivity index (χ1n) is 9.25. The largest absolute Gasteiger partial charge is 0.491 e. The number of benzene rings is 2. The predicted octanol–water partition coefficient (Wildman–Crippen LogP) is 3.31. The van der Waals surface area contributed by atoms with Crippen molar-refractivity contribution in [1.82, 2.24) is 0 Å². The van der Waals surface area contributed by atoms with Crippen LogP contribution in [0.25, 0.3) is 0 Å². The number of para-hydroxylation sites is 1. The van der Waals surface area contributed by atoms with Crippen molar-refractivity contribution in [2.45, 2.75) is 19.1 Å². The highest BCUT2D eigenvalue weighted by atomic mass is 16.6. The molecule has 2 aromatic carbocycles. The van der Waals surface area contributed by atoms with Gasteiger partial charge in [0.1, 0.15) is 18.5 Å². The number of aliphatic hydroxyl groups is 1. The third kappa shape index (κ3) is 6.91. The standard InChI is InChI=1S/C22H25NO7/c1-15-7-9-16(10-8-15)23-22(27)30-21(19(28-2)11-12-20(25)26)17-5-3-4-6-18(17)29-14-13-24/h3-12,19,21,24H,13-14H2,1-2H3,(H,23,27)(H,25,26)/b12-11+/t19-,21-/m0/s1. The molecule has 160 valence electrons. The lowest BCUT2D eigenvalue weighted by Crippen LogP contribution is -2.27. The van der Waals surface area contributed by atoms with Gasteiger partial charge in [0.2, 0.25) is 0 Å². The predicted molar refractivity (Wildman–Crippen MR) is 111 cm³/mol. The zero-order chi connectivity index (χ0) is 21.9. The molecule has 0 fully saturated rings. The normalized spacial score (nSPS) is 12.9. The number of aliphatic hydroxyl groups excluding tert-OH is 1. The summed E-state index contributed by atoms with van der Waals surface area (Å²) >= 11 is 0. The molecule has 2 rings (SSSR count). The van der Waals surface area contributed by atoms with E-state index in [4.69, 9.17) is 24.4 Å². The highest BCUT2D eigenvalue weighted by molar-refractivity contribution is 5.85. The van der Waals surface area contributed by atoms with Crippen LogP contribution in [-0.4, -0.2) is 48.7 Å². The fourth-order valence-electron chi connectivity index (χ4n) is 2.69. The van der Waals surface area contributed by atoms with Gasteiger partial charge in [0, 0.05) is 24.4 Å². The molecule has 0 unspecified atom stereocenters. The molecule has 8 heteroatoms. The maximum absolute atomic E-state index is 12.6. The molecule has 0 saturated carbocycles. The van der Waals surface area contributed by atoms with E-state index in [-0.39, 0.29) is 13.2 Å². The number of rotatable bonds is 10. The van der Waals surface area contributed by atoms with E-state index in [0.29, 0.717) is 17.0 Å². The van der Waals surface area contributed by atoms with Crippen LogP contribution >= 0.6 is 0 Å². The Morgan fingerprint density at radius 2 is 1.83 bits per heavy atom. The van der Waals surface area contributed by atoms with Crippen molar-refractivity contribution >= 4 is 17.7 Å². The molecule has 0 aliphatic rings. The van der Waals surface area contributed by atoms with Crippen LogP contribution in [0.1, 0.15) is 17.2 Å². The number of aliphatic carboxylic acids is 1. The minimum atomic E-state index is -1.16. The molecule has 2 aromatic rings. The van der Waals surface area contributed by atoms with Gasteiger partial charge >= 0.3 is 12.1 Å². The summed E-state index contributed by atoms with van der Waals surface area (Å²) in [4.78, 5) is 23.5. The maximum atomic E-state index is 12.6. The summed E-state index contributed by atoms with van der Waals surface area (Å²) in [5, 5.41) is 20.7. The summed E-state index contributed by atoms with van der Waals surface area (Å²) in [6.07, 6.45) is -0.449. The van der Waals surface area contributed by atoms with E-state index >= 15 is 0 Å². The van der Waals surface area contributed by atoms with Crippen LogP contribution in [0.3, 0.4) is 0 Å². The maximum Gasteiger partial charge on any atom is 0.412 e. The fourth-order valence-corrected chi connectivity index (χ4v) is 2.69. The molecular formula is C22H25NO7. The van der Waals surface area contributed by atoms with E-state index in [2.05, 4.69) is 5.32 Å². The first-order valence-corrected chi connectivity index (χ1v) is 9.25. The number of ether oxygens (including phenoxy) is 3. The fraction of sp³-hybridized carbons (Fsp3) is 0.273. The molecule has 0 heterocycles. The van der Waals surface area contributed by atoms with Crippen LogP contribution in [0.5, 0.6) is 5.75 Å². The highest BCUT2D eigenvalue weighted by Gasteiger charge is 2.28. The number of aryl methyl sites for hydroxylation is 1. The minimum absolute atomic E-state index is 0.0436. The van der Waals surface area contributed by atoms with E-state index < -0.39 is 24.3 Å². The van der Waals surface area contributed by atoms with Gasteiger partial charge < -0.3 is 24.4 Å². The van der Waals surface area contributed by atoms with E-state index in [1.165, 1.54) is 13.2 Å². The Morgan fingerprint density at radius 3 is 2.47 bits per heavy atom. The number of carboxylic acids is 1. The zero-order valence-corrected chi connectivity index (χ0v) is 16.8. The number of hydrogen-bond acceptors (Lipinski definition) is 6. The Labute approximate surface area is 174 Å². The van der Waals surface area contributed by atoms with Gasteiger partial charge in [0.25, 0.3) is 0 Å². The van der Waals surface area contributed by atoms with Gasteiger partial charge in [-0.1, -0.05) is 35.9 Å². The molecular weight excluding hydrogens is 390 g/mol. The number of methoxy groups -OCH3 is 1. The molecule has 0 saturated heterocycles. The number of hydrogen-bond donors (Lipinski definition) is 3. The smallest absolute Gasteiger partial charge is 0.412 e. The van der Waals surface area contributed by atoms with Crippen LogP contribution in [0.4, 0.5) is 10.5 Å². The summed E-state index contributed by atoms with van der Waals surface area (Å²) in [5.41, 5.74) is 2.05. The van der Waals surface area contributed by atoms with Crippen LogP contribution in [-0.2, 0) is 14.3 Å². The molecule has 0 aromatic heterocycles. The Kier molecular flexibility index (Phi) is 8.86. The number of carbonyl (C=O) groups excluding carboxylic acids is 1. The van der Waals surface area contributed by atoms with E-state index in [1.54, 1.807) is 36.4 Å². The quantitative estimate of drug-likeness (QED) is 0.510. The number of nitrogens with one attached hydrogen (secondary N) is 1. The lowest BCUT2D eigenvalue weighted by molar-refractivity contribution is -0.131. The van der Waals surface area contributed by atoms with Gasteiger partial charge in [0.05, 0.1) is 6.61 Å². The van der Waals surface area contributed by atoms with E-state index in [1.807, 2.05) is 19.1 Å². The van der Waals surface area contributed by atoms with Crippen molar-refractivity contribution in [3.63, 3.8) is 0 Å². The molecule has 2 atom stereocenters. The van der Waals surface area contributed by atoms with Gasteiger partial charge in [-0.3, -0.25) is 5.32 Å². The summed E-state index contributed by atoms with van der Waals surface area (Å²) < 4.78 is 16.5. The number of anilines is 1. The summed E-state index contributed by atoms with van der Waals surface area (Å²) in [6.45, 7) is 1.78. The Hall–Kier alpha value is -3.36. The molecule has 0 bridgehead atoms. The molecule has 0 spiro atoms. The third-order valence-electron chi connectivity index (χ3n) is 4.11. The van der Waals surface area contributed by atoms with Crippen molar-refractivity contribution in [2.24, 2.45) is 0 Å². The number of carboxylic acid groups (broad SMARTS) is 1. The zero-order valence-electron chi connectivity index (χ0n) is 16.8. The average molecular weight is 415 g/mol. The molecule has 1 amide bonds. The Balaban J connectivity index is 2.32. The molecule has 30 heavy (non-hydrogen) atoms. The second kappa shape index (κ2) is 11.6. The highest BCUT2D eigenvalue weighted by Crippen LogP contribution is 2.32. The lowest BCUT2D eigenvalue weighted by Gasteiger charge is -2.26. The molecule has 8 nitrogen and oxygen atoms in total. The van der Waals surface area contributed by atoms with Gasteiger partial charge in [-0.15, -0.1) is 0 Å². The van der Waals surface area contributed by atoms with Gasteiger partial charge in [-0.2, -0.15) is 0 Å². The van der Waals surface area contributed by atoms with Gasteiger partial charge in [0.15, 0.2) is 6.10 Å². The molecule has 0 radical (unpaired) electrons. The molecule has 3 N–H and O–H groups in total. The summed E-state index contributed by atoms with van der Waals surface area (Å²) in [7, 11) is 1.38. The van der Waals surface area contributed by atoms with E-state index in [0.717, 1.165) is 11.6 Å². The minimum Gasteiger partial charge on any atom is -0.491 e. The average Bonchev–Trinajstić information content (AvgIpc) is 2.73. The summed E-state index contributed by atoms with van der Waals surface area (Å²) in [6, 6.07) is 14.0. The first kappa shape index (κ1) is 22.9. The van der Waals surface area contributed by atoms with Gasteiger partial charge in [-0.25, -0.2) is 9.59 Å². The van der Waals surface area contributed by atoms with Crippen LogP contribution in [0, 0.1) is 6.92 Å². The van der Waals surface area contributed by atoms with Crippen LogP contribution < -0.4 is 10.1 Å². The van der Waals surface area contributed by atoms with Crippen LogP contribution in [0.2, 0.25) is 0 Å². The molecule has 0 aliphatic carbocycles. The number of amides is 1. The van der Waals surface area contributed by atoms with E-state index in [9.17, 15) is 9.59 Å². The monoisotopic (exact) mass is 415 g/mol. The second-order valence-electron chi connectivity index (χ2n) is 6.32. The van der Waals surface area contributed by atoms with Crippen molar-refractivity contribution < 1.29 is 34.0 Å². The first-order chi connectivity index (χ1) is 14.4. The third-order valence-corrected chi connectivity index (χ3v) is 4.11. The Bertz CT molecular complexity index is 864. The molecule has 0 aliphatic heterocycles. The second-order valence-corrected chi connectivity index (χ2v) is 6.32.